The van der Waals surface area contributed by atoms with Gasteiger partial charge in [-0.25, -0.2) is 18.1 Å². The minimum atomic E-state index is -3.26. The first-order valence-corrected chi connectivity index (χ1v) is 8.96. The fraction of sp³-hybridized carbons (Fsp3) is 0.636. The lowest BCUT2D eigenvalue weighted by molar-refractivity contribution is 0.0707. The van der Waals surface area contributed by atoms with Crippen molar-refractivity contribution in [1.82, 2.24) is 14.6 Å². The van der Waals surface area contributed by atoms with E-state index in [0.29, 0.717) is 28.8 Å². The van der Waals surface area contributed by atoms with Gasteiger partial charge in [0.2, 0.25) is 10.0 Å². The van der Waals surface area contributed by atoms with Crippen LogP contribution in [0.25, 0.3) is 0 Å². The number of carbonyl (C=O) groups is 1. The fourth-order valence-corrected chi connectivity index (χ4v) is 3.92. The molecule has 1 fully saturated rings. The van der Waals surface area contributed by atoms with Gasteiger partial charge in [0.15, 0.2) is 5.13 Å². The van der Waals surface area contributed by atoms with Crippen LogP contribution in [0.4, 0.5) is 5.13 Å². The molecule has 1 aromatic rings. The third-order valence-corrected chi connectivity index (χ3v) is 4.83. The predicted octanol–water partition coefficient (Wildman–Crippen LogP) is 0.188. The van der Waals surface area contributed by atoms with Crippen molar-refractivity contribution in [2.24, 2.45) is 0 Å². The number of hydrogen-bond donors (Lipinski definition) is 2. The van der Waals surface area contributed by atoms with Crippen LogP contribution >= 0.6 is 11.3 Å². The Morgan fingerprint density at radius 2 is 2.25 bits per heavy atom. The average molecular weight is 318 g/mol. The van der Waals surface area contributed by atoms with Gasteiger partial charge < -0.3 is 10.6 Å². The fourth-order valence-electron chi connectivity index (χ4n) is 2.32. The van der Waals surface area contributed by atoms with E-state index >= 15 is 0 Å². The Balaban J connectivity index is 2.09. The van der Waals surface area contributed by atoms with Crippen molar-refractivity contribution in [3.63, 3.8) is 0 Å². The molecule has 1 aliphatic rings. The van der Waals surface area contributed by atoms with Crippen molar-refractivity contribution in [3.8, 4) is 0 Å². The van der Waals surface area contributed by atoms with Crippen LogP contribution < -0.4 is 10.5 Å². The monoisotopic (exact) mass is 318 g/mol. The molecule has 1 saturated heterocycles. The first kappa shape index (κ1) is 15.2. The van der Waals surface area contributed by atoms with Crippen molar-refractivity contribution in [1.29, 1.82) is 0 Å². The highest BCUT2D eigenvalue weighted by atomic mass is 32.2. The molecule has 3 N–H and O–H groups in total. The van der Waals surface area contributed by atoms with Crippen LogP contribution in [0.15, 0.2) is 0 Å². The van der Waals surface area contributed by atoms with Crippen LogP contribution in [0.5, 0.6) is 0 Å². The lowest BCUT2D eigenvalue weighted by Crippen LogP contribution is -2.49. The Kier molecular flexibility index (Phi) is 4.31. The molecule has 1 aromatic heterocycles. The van der Waals surface area contributed by atoms with Gasteiger partial charge in [0.1, 0.15) is 4.88 Å². The van der Waals surface area contributed by atoms with E-state index in [4.69, 9.17) is 5.73 Å². The second kappa shape index (κ2) is 5.66. The van der Waals surface area contributed by atoms with Crippen LogP contribution in [0.3, 0.4) is 0 Å². The molecule has 2 heterocycles. The van der Waals surface area contributed by atoms with Crippen LogP contribution in [0, 0.1) is 6.92 Å². The van der Waals surface area contributed by atoms with Gasteiger partial charge in [-0.05, 0) is 19.8 Å². The number of anilines is 1. The molecular formula is C11H18N4O3S2. The Morgan fingerprint density at radius 3 is 2.80 bits per heavy atom. The van der Waals surface area contributed by atoms with Gasteiger partial charge in [0.25, 0.3) is 5.91 Å². The molecule has 1 amide bonds. The highest BCUT2D eigenvalue weighted by molar-refractivity contribution is 7.88. The second-order valence-corrected chi connectivity index (χ2v) is 7.76. The van der Waals surface area contributed by atoms with E-state index in [1.165, 1.54) is 11.3 Å². The molecule has 2 rings (SSSR count). The molecule has 1 aliphatic heterocycles. The molecule has 0 aromatic carbocycles. The van der Waals surface area contributed by atoms with E-state index in [0.717, 1.165) is 19.1 Å². The summed E-state index contributed by atoms with van der Waals surface area (Å²) in [4.78, 5) is 18.6. The van der Waals surface area contributed by atoms with Crippen LogP contribution in [0.2, 0.25) is 0 Å². The van der Waals surface area contributed by atoms with E-state index in [-0.39, 0.29) is 11.9 Å². The average Bonchev–Trinajstić information content (AvgIpc) is 2.65. The minimum absolute atomic E-state index is 0.128. The third kappa shape index (κ3) is 3.68. The highest BCUT2D eigenvalue weighted by Gasteiger charge is 2.28. The number of rotatable bonds is 3. The number of carbonyl (C=O) groups excluding carboxylic acids is 1. The molecule has 1 unspecified atom stereocenters. The van der Waals surface area contributed by atoms with Crippen molar-refractivity contribution in [2.45, 2.75) is 25.8 Å². The number of amides is 1. The molecule has 1 atom stereocenters. The smallest absolute Gasteiger partial charge is 0.265 e. The molecule has 112 valence electrons. The van der Waals surface area contributed by atoms with Gasteiger partial charge in [0, 0.05) is 19.1 Å². The van der Waals surface area contributed by atoms with Crippen LogP contribution in [-0.4, -0.2) is 49.6 Å². The number of nitrogen functional groups attached to an aromatic ring is 1. The normalized spacial score (nSPS) is 20.1. The summed E-state index contributed by atoms with van der Waals surface area (Å²) in [5.74, 6) is -0.128. The molecule has 0 radical (unpaired) electrons. The predicted molar refractivity (Wildman–Crippen MR) is 78.2 cm³/mol. The number of sulfonamides is 1. The Bertz CT molecular complexity index is 611. The lowest BCUT2D eigenvalue weighted by atomic mass is 10.1. The zero-order chi connectivity index (χ0) is 14.9. The summed E-state index contributed by atoms with van der Waals surface area (Å²) in [5, 5.41) is 0.369. The standard InChI is InChI=1S/C11H18N4O3S2/c1-7-9(19-11(12)13-7)10(16)15-5-3-4-8(6-15)14-20(2,17)18/h8,14H,3-6H2,1-2H3,(H2,12,13). The highest BCUT2D eigenvalue weighted by Crippen LogP contribution is 2.23. The van der Waals surface area contributed by atoms with Crippen molar-refractivity contribution in [3.05, 3.63) is 10.6 Å². The SMILES string of the molecule is Cc1nc(N)sc1C(=O)N1CCCC(NS(C)(=O)=O)C1. The van der Waals surface area contributed by atoms with Crippen molar-refractivity contribution >= 4 is 32.4 Å². The van der Waals surface area contributed by atoms with Gasteiger partial charge >= 0.3 is 0 Å². The quantitative estimate of drug-likeness (QED) is 0.827. The van der Waals surface area contributed by atoms with Crippen LogP contribution in [0.1, 0.15) is 28.2 Å². The summed E-state index contributed by atoms with van der Waals surface area (Å²) in [7, 11) is -3.26. The molecule has 0 bridgehead atoms. The first-order valence-electron chi connectivity index (χ1n) is 6.26. The summed E-state index contributed by atoms with van der Waals surface area (Å²) in [6.07, 6.45) is 2.63. The van der Waals surface area contributed by atoms with Gasteiger partial charge in [-0.2, -0.15) is 0 Å². The van der Waals surface area contributed by atoms with Gasteiger partial charge in [-0.1, -0.05) is 11.3 Å². The van der Waals surface area contributed by atoms with Gasteiger partial charge in [0.05, 0.1) is 11.9 Å². The molecule has 9 heteroatoms. The number of hydrogen-bond acceptors (Lipinski definition) is 6. The largest absolute Gasteiger partial charge is 0.375 e. The zero-order valence-electron chi connectivity index (χ0n) is 11.4. The van der Waals surface area contributed by atoms with Gasteiger partial charge in [-0.3, -0.25) is 4.79 Å². The summed E-state index contributed by atoms with van der Waals surface area (Å²) in [6, 6.07) is -0.228. The number of aryl methyl sites for hydroxylation is 1. The van der Waals surface area contributed by atoms with Crippen molar-refractivity contribution in [2.75, 3.05) is 25.1 Å². The Morgan fingerprint density at radius 1 is 1.55 bits per heavy atom. The number of piperidine rings is 1. The van der Waals surface area contributed by atoms with E-state index in [9.17, 15) is 13.2 Å². The third-order valence-electron chi connectivity index (χ3n) is 3.10. The summed E-state index contributed by atoms with van der Waals surface area (Å²) >= 11 is 1.17. The molecule has 0 aliphatic carbocycles. The maximum absolute atomic E-state index is 12.4. The maximum atomic E-state index is 12.4. The topological polar surface area (TPSA) is 105 Å². The summed E-state index contributed by atoms with van der Waals surface area (Å²) in [5.41, 5.74) is 6.22. The summed E-state index contributed by atoms with van der Waals surface area (Å²) < 4.78 is 25.1. The van der Waals surface area contributed by atoms with E-state index in [1.54, 1.807) is 11.8 Å². The van der Waals surface area contributed by atoms with Crippen LogP contribution in [-0.2, 0) is 10.0 Å². The molecular weight excluding hydrogens is 300 g/mol. The number of thiazole rings is 1. The van der Waals surface area contributed by atoms with E-state index < -0.39 is 10.0 Å². The molecule has 20 heavy (non-hydrogen) atoms. The van der Waals surface area contributed by atoms with E-state index in [2.05, 4.69) is 9.71 Å². The molecule has 7 nitrogen and oxygen atoms in total. The number of nitrogens with two attached hydrogens (primary N) is 1. The second-order valence-electron chi connectivity index (χ2n) is 4.95. The number of likely N-dealkylation sites (tertiary alicyclic amines) is 1. The minimum Gasteiger partial charge on any atom is -0.375 e. The van der Waals surface area contributed by atoms with Crippen molar-refractivity contribution < 1.29 is 13.2 Å². The number of aromatic nitrogens is 1. The number of nitrogens with zero attached hydrogens (tertiary/aromatic N) is 2. The van der Waals surface area contributed by atoms with Gasteiger partial charge in [-0.15, -0.1) is 0 Å². The Labute approximate surface area is 122 Å². The first-order chi connectivity index (χ1) is 9.26. The Hall–Kier alpha value is -1.19. The van der Waals surface area contributed by atoms with E-state index in [1.807, 2.05) is 0 Å². The lowest BCUT2D eigenvalue weighted by Gasteiger charge is -2.32. The molecule has 0 spiro atoms. The molecule has 0 saturated carbocycles. The maximum Gasteiger partial charge on any atom is 0.265 e. The number of nitrogens with one attached hydrogen (secondary N) is 1. The summed E-state index contributed by atoms with van der Waals surface area (Å²) in [6.45, 7) is 2.75. The zero-order valence-corrected chi connectivity index (χ0v) is 13.1.